The van der Waals surface area contributed by atoms with Crippen molar-refractivity contribution in [3.05, 3.63) is 0 Å². The summed E-state index contributed by atoms with van der Waals surface area (Å²) in [5.41, 5.74) is 10.8. The van der Waals surface area contributed by atoms with Crippen molar-refractivity contribution in [2.24, 2.45) is 23.3 Å². The normalized spacial score (nSPS) is 20.8. The fourth-order valence-electron chi connectivity index (χ4n) is 2.60. The molecule has 0 saturated heterocycles. The summed E-state index contributed by atoms with van der Waals surface area (Å²) in [5.74, 6) is -0.854. The smallest absolute Gasteiger partial charge is 0.306 e. The number of carbonyl (C=O) groups is 2. The Balaban J connectivity index is 0.000000401. The molecule has 0 aromatic rings. The van der Waals surface area contributed by atoms with Crippen LogP contribution in [0.2, 0.25) is 0 Å². The zero-order valence-corrected chi connectivity index (χ0v) is 13.5. The van der Waals surface area contributed by atoms with Crippen LogP contribution in [0.1, 0.15) is 64.2 Å². The third-order valence-electron chi connectivity index (χ3n) is 4.12. The predicted molar refractivity (Wildman–Crippen MR) is 86.5 cm³/mol. The lowest BCUT2D eigenvalue weighted by Crippen LogP contribution is -2.25. The van der Waals surface area contributed by atoms with Crippen LogP contribution in [-0.2, 0) is 9.59 Å². The van der Waals surface area contributed by atoms with E-state index in [9.17, 15) is 9.59 Å². The van der Waals surface area contributed by atoms with Gasteiger partial charge >= 0.3 is 11.9 Å². The predicted octanol–water partition coefficient (Wildman–Crippen LogP) is 2.21. The zero-order valence-electron chi connectivity index (χ0n) is 13.5. The van der Waals surface area contributed by atoms with Gasteiger partial charge in [0.2, 0.25) is 0 Å². The molecule has 6 N–H and O–H groups in total. The number of rotatable bonds is 9. The molecule has 1 aliphatic rings. The number of nitrogens with two attached hydrogens (primary N) is 2. The van der Waals surface area contributed by atoms with Crippen LogP contribution >= 0.6 is 0 Å². The largest absolute Gasteiger partial charge is 0.481 e. The summed E-state index contributed by atoms with van der Waals surface area (Å²) in [5, 5.41) is 17.0. The fourth-order valence-corrected chi connectivity index (χ4v) is 2.60. The van der Waals surface area contributed by atoms with Gasteiger partial charge < -0.3 is 21.7 Å². The SMILES string of the molecule is NCC1CCC(C(=O)O)CC1.NCCCCCCCC(=O)O. The Bertz CT molecular complexity index is 303. The number of carboxylic acids is 2. The van der Waals surface area contributed by atoms with Crippen LogP contribution in [0.5, 0.6) is 0 Å². The maximum atomic E-state index is 10.5. The molecule has 0 spiro atoms. The fraction of sp³-hybridized carbons (Fsp3) is 0.875. The first-order valence-electron chi connectivity index (χ1n) is 8.36. The van der Waals surface area contributed by atoms with Gasteiger partial charge in [-0.25, -0.2) is 0 Å². The van der Waals surface area contributed by atoms with E-state index in [1.807, 2.05) is 0 Å². The van der Waals surface area contributed by atoms with Crippen molar-refractivity contribution >= 4 is 11.9 Å². The second-order valence-corrected chi connectivity index (χ2v) is 5.99. The van der Waals surface area contributed by atoms with Crippen molar-refractivity contribution in [3.8, 4) is 0 Å². The highest BCUT2D eigenvalue weighted by molar-refractivity contribution is 5.70. The summed E-state index contributed by atoms with van der Waals surface area (Å²) in [4.78, 5) is 20.6. The second-order valence-electron chi connectivity index (χ2n) is 5.99. The molecule has 22 heavy (non-hydrogen) atoms. The Hall–Kier alpha value is -1.14. The van der Waals surface area contributed by atoms with Gasteiger partial charge in [-0.15, -0.1) is 0 Å². The third kappa shape index (κ3) is 11.5. The van der Waals surface area contributed by atoms with Gasteiger partial charge in [0.15, 0.2) is 0 Å². The molecule has 0 aromatic heterocycles. The average molecular weight is 316 g/mol. The molecule has 1 rings (SSSR count). The molecule has 0 bridgehead atoms. The number of hydrogen-bond acceptors (Lipinski definition) is 4. The van der Waals surface area contributed by atoms with E-state index in [0.717, 1.165) is 64.3 Å². The van der Waals surface area contributed by atoms with Crippen molar-refractivity contribution in [1.82, 2.24) is 0 Å². The van der Waals surface area contributed by atoms with Crippen molar-refractivity contribution in [3.63, 3.8) is 0 Å². The number of carboxylic acid groups (broad SMARTS) is 2. The molecule has 0 radical (unpaired) electrons. The topological polar surface area (TPSA) is 127 Å². The number of aliphatic carboxylic acids is 2. The van der Waals surface area contributed by atoms with Gasteiger partial charge in [0.1, 0.15) is 0 Å². The van der Waals surface area contributed by atoms with Crippen molar-refractivity contribution < 1.29 is 19.8 Å². The summed E-state index contributed by atoms with van der Waals surface area (Å²) in [7, 11) is 0. The van der Waals surface area contributed by atoms with Gasteiger partial charge in [-0.05, 0) is 57.5 Å². The highest BCUT2D eigenvalue weighted by Gasteiger charge is 2.24. The molecule has 1 aliphatic carbocycles. The van der Waals surface area contributed by atoms with Crippen molar-refractivity contribution in [1.29, 1.82) is 0 Å². The van der Waals surface area contributed by atoms with Crippen LogP contribution in [-0.4, -0.2) is 35.2 Å². The lowest BCUT2D eigenvalue weighted by atomic mass is 9.82. The van der Waals surface area contributed by atoms with Crippen LogP contribution in [0.4, 0.5) is 0 Å². The average Bonchev–Trinajstić information content (AvgIpc) is 2.51. The lowest BCUT2D eigenvalue weighted by molar-refractivity contribution is -0.143. The highest BCUT2D eigenvalue weighted by Crippen LogP contribution is 2.27. The Morgan fingerprint density at radius 3 is 1.86 bits per heavy atom. The van der Waals surface area contributed by atoms with E-state index >= 15 is 0 Å². The van der Waals surface area contributed by atoms with E-state index in [4.69, 9.17) is 21.7 Å². The lowest BCUT2D eigenvalue weighted by Gasteiger charge is -2.24. The van der Waals surface area contributed by atoms with Gasteiger partial charge in [0, 0.05) is 6.42 Å². The van der Waals surface area contributed by atoms with Crippen LogP contribution in [0.3, 0.4) is 0 Å². The molecule has 6 heteroatoms. The highest BCUT2D eigenvalue weighted by atomic mass is 16.4. The van der Waals surface area contributed by atoms with Gasteiger partial charge in [0.05, 0.1) is 5.92 Å². The third-order valence-corrected chi connectivity index (χ3v) is 4.12. The maximum absolute atomic E-state index is 10.5. The monoisotopic (exact) mass is 316 g/mol. The van der Waals surface area contributed by atoms with Gasteiger partial charge in [-0.3, -0.25) is 9.59 Å². The van der Waals surface area contributed by atoms with E-state index in [2.05, 4.69) is 0 Å². The Labute approximate surface area is 133 Å². The Kier molecular flexibility index (Phi) is 12.8. The van der Waals surface area contributed by atoms with E-state index in [0.29, 0.717) is 18.9 Å². The quantitative estimate of drug-likeness (QED) is 0.483. The zero-order chi connectivity index (χ0) is 16.8. The minimum Gasteiger partial charge on any atom is -0.481 e. The van der Waals surface area contributed by atoms with Crippen LogP contribution < -0.4 is 11.5 Å². The van der Waals surface area contributed by atoms with Gasteiger partial charge in [0.25, 0.3) is 0 Å². The number of hydrogen-bond donors (Lipinski definition) is 4. The first-order chi connectivity index (χ1) is 10.5. The molecule has 1 fully saturated rings. The molecular formula is C16H32N2O4. The van der Waals surface area contributed by atoms with E-state index in [-0.39, 0.29) is 5.92 Å². The Morgan fingerprint density at radius 1 is 0.864 bits per heavy atom. The molecule has 0 unspecified atom stereocenters. The number of unbranched alkanes of at least 4 members (excludes halogenated alkanes) is 4. The maximum Gasteiger partial charge on any atom is 0.306 e. The second kappa shape index (κ2) is 13.5. The standard InChI is InChI=1S/C8H15NO2.C8H17NO2/c9-5-6-1-3-7(4-2-6)8(10)11;9-7-5-3-1-2-4-6-8(10)11/h6-7H,1-5,9H2,(H,10,11);1-7,9H2,(H,10,11). The first kappa shape index (κ1) is 20.9. The molecular weight excluding hydrogens is 284 g/mol. The summed E-state index contributed by atoms with van der Waals surface area (Å²) in [6.45, 7) is 1.46. The van der Waals surface area contributed by atoms with Crippen LogP contribution in [0.25, 0.3) is 0 Å². The van der Waals surface area contributed by atoms with Crippen molar-refractivity contribution in [2.75, 3.05) is 13.1 Å². The summed E-state index contributed by atoms with van der Waals surface area (Å²) in [6, 6.07) is 0. The molecule has 6 nitrogen and oxygen atoms in total. The molecule has 0 amide bonds. The van der Waals surface area contributed by atoms with Gasteiger partial charge in [-0.2, -0.15) is 0 Å². The van der Waals surface area contributed by atoms with E-state index in [1.165, 1.54) is 0 Å². The minimum atomic E-state index is -0.691. The molecule has 0 aliphatic heterocycles. The van der Waals surface area contributed by atoms with Crippen LogP contribution in [0, 0.1) is 11.8 Å². The minimum absolute atomic E-state index is 0.0993. The summed E-state index contributed by atoms with van der Waals surface area (Å²) < 4.78 is 0. The molecule has 130 valence electrons. The summed E-state index contributed by atoms with van der Waals surface area (Å²) >= 11 is 0. The molecule has 0 heterocycles. The van der Waals surface area contributed by atoms with Crippen molar-refractivity contribution in [2.45, 2.75) is 64.2 Å². The Morgan fingerprint density at radius 2 is 1.41 bits per heavy atom. The van der Waals surface area contributed by atoms with Crippen LogP contribution in [0.15, 0.2) is 0 Å². The molecule has 0 atom stereocenters. The first-order valence-corrected chi connectivity index (χ1v) is 8.36. The van der Waals surface area contributed by atoms with E-state index < -0.39 is 11.9 Å². The molecule has 0 aromatic carbocycles. The summed E-state index contributed by atoms with van der Waals surface area (Å²) in [6.07, 6.45) is 9.07. The molecule has 1 saturated carbocycles. The van der Waals surface area contributed by atoms with E-state index in [1.54, 1.807) is 0 Å². The van der Waals surface area contributed by atoms with Gasteiger partial charge in [-0.1, -0.05) is 19.3 Å².